The maximum Gasteiger partial charge on any atom is 0.145 e. The molecule has 0 aliphatic heterocycles. The van der Waals surface area contributed by atoms with Crippen molar-refractivity contribution in [1.29, 1.82) is 0 Å². The van der Waals surface area contributed by atoms with Gasteiger partial charge in [0.05, 0.1) is 28.5 Å². The van der Waals surface area contributed by atoms with Gasteiger partial charge >= 0.3 is 0 Å². The van der Waals surface area contributed by atoms with Gasteiger partial charge in [-0.25, -0.2) is 8.89 Å². The number of halogens is 1. The van der Waals surface area contributed by atoms with Gasteiger partial charge in [-0.15, -0.1) is 0 Å². The average Bonchev–Trinajstić information content (AvgIpc) is 2.87. The van der Waals surface area contributed by atoms with Gasteiger partial charge in [0.2, 0.25) is 0 Å². The second-order valence-electron chi connectivity index (χ2n) is 5.57. The molecule has 0 fully saturated rings. The molecule has 0 bridgehead atoms. The van der Waals surface area contributed by atoms with Crippen molar-refractivity contribution < 1.29 is 4.21 Å². The molecule has 112 valence electrons. The van der Waals surface area contributed by atoms with Crippen LogP contribution in [0.4, 0.5) is 0 Å². The molecular formula is C14H17BrN4OS. The van der Waals surface area contributed by atoms with E-state index in [1.54, 1.807) is 23.3 Å². The zero-order chi connectivity index (χ0) is 15.6. The summed E-state index contributed by atoms with van der Waals surface area (Å²) in [5.41, 5.74) is 2.39. The number of rotatable bonds is 3. The van der Waals surface area contributed by atoms with E-state index in [9.17, 15) is 4.21 Å². The van der Waals surface area contributed by atoms with Gasteiger partial charge in [-0.05, 0) is 49.7 Å². The SMILES string of the molecule is CC(=N[S@@](=O)C(C)(C)C)c1cnn(-c2cncc(Br)c2)c1. The maximum atomic E-state index is 12.0. The number of pyridine rings is 1. The molecule has 1 atom stereocenters. The summed E-state index contributed by atoms with van der Waals surface area (Å²) in [6.45, 7) is 7.54. The topological polar surface area (TPSA) is 60.1 Å². The van der Waals surface area contributed by atoms with Crippen LogP contribution in [0, 0.1) is 0 Å². The first-order chi connectivity index (χ1) is 9.77. The minimum atomic E-state index is -1.28. The molecule has 0 aromatic carbocycles. The van der Waals surface area contributed by atoms with Gasteiger partial charge in [0.1, 0.15) is 11.0 Å². The van der Waals surface area contributed by atoms with Gasteiger partial charge in [-0.3, -0.25) is 4.98 Å². The highest BCUT2D eigenvalue weighted by atomic mass is 79.9. The number of aromatic nitrogens is 3. The third-order valence-electron chi connectivity index (χ3n) is 2.70. The van der Waals surface area contributed by atoms with Crippen LogP contribution in [-0.4, -0.2) is 29.4 Å². The predicted molar refractivity (Wildman–Crippen MR) is 89.2 cm³/mol. The lowest BCUT2D eigenvalue weighted by Crippen LogP contribution is -2.20. The Morgan fingerprint density at radius 1 is 1.33 bits per heavy atom. The molecule has 0 aliphatic carbocycles. The molecule has 2 aromatic rings. The van der Waals surface area contributed by atoms with E-state index in [0.717, 1.165) is 15.7 Å². The van der Waals surface area contributed by atoms with Gasteiger partial charge in [0, 0.05) is 22.4 Å². The summed E-state index contributed by atoms with van der Waals surface area (Å²) in [6.07, 6.45) is 7.00. The average molecular weight is 369 g/mol. The zero-order valence-electron chi connectivity index (χ0n) is 12.4. The third-order valence-corrected chi connectivity index (χ3v) is 4.62. The quantitative estimate of drug-likeness (QED) is 0.780. The Balaban J connectivity index is 2.28. The predicted octanol–water partition coefficient (Wildman–Crippen LogP) is 3.30. The van der Waals surface area contributed by atoms with Crippen LogP contribution >= 0.6 is 15.9 Å². The molecule has 2 aromatic heterocycles. The van der Waals surface area contributed by atoms with E-state index in [1.165, 1.54) is 0 Å². The molecule has 0 unspecified atom stereocenters. The molecule has 0 saturated carbocycles. The van der Waals surface area contributed by atoms with Crippen LogP contribution in [0.25, 0.3) is 5.69 Å². The monoisotopic (exact) mass is 368 g/mol. The smallest absolute Gasteiger partial charge is 0.145 e. The van der Waals surface area contributed by atoms with Gasteiger partial charge in [0.25, 0.3) is 0 Å². The zero-order valence-corrected chi connectivity index (χ0v) is 14.8. The van der Waals surface area contributed by atoms with Crippen molar-refractivity contribution in [3.8, 4) is 5.69 Å². The highest BCUT2D eigenvalue weighted by Crippen LogP contribution is 2.16. The summed E-state index contributed by atoms with van der Waals surface area (Å²) in [5, 5.41) is 4.29. The standard InChI is InChI=1S/C14H17BrN4OS/c1-10(18-21(20)14(2,3)4)11-6-17-19(9-11)13-5-12(15)7-16-8-13/h5-9H,1-4H3/t21-/m0/s1. The molecule has 2 heterocycles. The molecule has 0 N–H and O–H groups in total. The lowest BCUT2D eigenvalue weighted by Gasteiger charge is -2.13. The lowest BCUT2D eigenvalue weighted by atomic mass is 10.2. The first kappa shape index (κ1) is 16.0. The molecular weight excluding hydrogens is 352 g/mol. The van der Waals surface area contributed by atoms with Crippen molar-refractivity contribution in [2.24, 2.45) is 4.40 Å². The van der Waals surface area contributed by atoms with Crippen molar-refractivity contribution in [2.45, 2.75) is 32.4 Å². The maximum absolute atomic E-state index is 12.0. The highest BCUT2D eigenvalue weighted by molar-refractivity contribution is 9.10. The Bertz CT molecular complexity index is 703. The molecule has 0 spiro atoms. The van der Waals surface area contributed by atoms with E-state index in [0.29, 0.717) is 5.71 Å². The lowest BCUT2D eigenvalue weighted by molar-refractivity contribution is 0.650. The third kappa shape index (κ3) is 4.07. The Morgan fingerprint density at radius 3 is 2.67 bits per heavy atom. The summed E-state index contributed by atoms with van der Waals surface area (Å²) in [5.74, 6) is 0. The van der Waals surface area contributed by atoms with Crippen LogP contribution in [0.15, 0.2) is 39.7 Å². The Morgan fingerprint density at radius 2 is 2.05 bits per heavy atom. The van der Waals surface area contributed by atoms with Crippen LogP contribution in [0.5, 0.6) is 0 Å². The normalized spacial score (nSPS) is 14.2. The van der Waals surface area contributed by atoms with Crippen LogP contribution in [-0.2, 0) is 11.0 Å². The van der Waals surface area contributed by atoms with Crippen LogP contribution in [0.3, 0.4) is 0 Å². The fourth-order valence-corrected chi connectivity index (χ4v) is 2.47. The minimum absolute atomic E-state index is 0.370. The van der Waals surface area contributed by atoms with E-state index in [4.69, 9.17) is 0 Å². The van der Waals surface area contributed by atoms with Crippen molar-refractivity contribution in [3.63, 3.8) is 0 Å². The van der Waals surface area contributed by atoms with Crippen molar-refractivity contribution >= 4 is 32.6 Å². The largest absolute Gasteiger partial charge is 0.261 e. The summed E-state index contributed by atoms with van der Waals surface area (Å²) >= 11 is 3.38. The second kappa shape index (κ2) is 6.19. The minimum Gasteiger partial charge on any atom is -0.261 e. The van der Waals surface area contributed by atoms with E-state index in [2.05, 4.69) is 30.4 Å². The van der Waals surface area contributed by atoms with E-state index >= 15 is 0 Å². The van der Waals surface area contributed by atoms with Gasteiger partial charge in [-0.2, -0.15) is 9.50 Å². The van der Waals surface area contributed by atoms with Gasteiger partial charge < -0.3 is 0 Å². The summed E-state index contributed by atoms with van der Waals surface area (Å²) < 4.78 is 18.5. The molecule has 7 heteroatoms. The first-order valence-electron chi connectivity index (χ1n) is 6.40. The second-order valence-corrected chi connectivity index (χ2v) is 8.39. The Kier molecular flexibility index (Phi) is 4.73. The fourth-order valence-electron chi connectivity index (χ4n) is 1.49. The molecule has 0 saturated heterocycles. The summed E-state index contributed by atoms with van der Waals surface area (Å²) in [7, 11) is -1.28. The van der Waals surface area contributed by atoms with Crippen LogP contribution in [0.2, 0.25) is 0 Å². The van der Waals surface area contributed by atoms with E-state index < -0.39 is 11.0 Å². The fraction of sp³-hybridized carbons (Fsp3) is 0.357. The van der Waals surface area contributed by atoms with Gasteiger partial charge in [-0.1, -0.05) is 0 Å². The molecule has 0 aliphatic rings. The van der Waals surface area contributed by atoms with E-state index in [1.807, 2.05) is 40.0 Å². The molecule has 5 nitrogen and oxygen atoms in total. The molecule has 0 radical (unpaired) electrons. The molecule has 2 rings (SSSR count). The summed E-state index contributed by atoms with van der Waals surface area (Å²) in [6, 6.07) is 1.92. The van der Waals surface area contributed by atoms with Crippen molar-refractivity contribution in [3.05, 3.63) is 40.9 Å². The number of hydrogen-bond donors (Lipinski definition) is 0. The Hall–Kier alpha value is -1.34. The van der Waals surface area contributed by atoms with Crippen LogP contribution < -0.4 is 0 Å². The summed E-state index contributed by atoms with van der Waals surface area (Å²) in [4.78, 5) is 4.11. The molecule has 21 heavy (non-hydrogen) atoms. The van der Waals surface area contributed by atoms with E-state index in [-0.39, 0.29) is 4.75 Å². The first-order valence-corrected chi connectivity index (χ1v) is 8.30. The Labute approximate surface area is 135 Å². The highest BCUT2D eigenvalue weighted by Gasteiger charge is 2.19. The molecule has 0 amide bonds. The van der Waals surface area contributed by atoms with Crippen molar-refractivity contribution in [1.82, 2.24) is 14.8 Å². The number of hydrogen-bond acceptors (Lipinski definition) is 3. The van der Waals surface area contributed by atoms with Crippen molar-refractivity contribution in [2.75, 3.05) is 0 Å². The number of nitrogens with zero attached hydrogens (tertiary/aromatic N) is 4. The van der Waals surface area contributed by atoms with Crippen LogP contribution in [0.1, 0.15) is 33.3 Å². The van der Waals surface area contributed by atoms with Gasteiger partial charge in [0.15, 0.2) is 0 Å².